The van der Waals surface area contributed by atoms with Gasteiger partial charge in [-0.15, -0.1) is 0 Å². The first-order valence-corrected chi connectivity index (χ1v) is 6.33. The molecule has 0 aliphatic rings. The van der Waals surface area contributed by atoms with Gasteiger partial charge in [0.2, 0.25) is 0 Å². The molecule has 9 nitrogen and oxygen atoms in total. The number of rotatable bonds is 4. The molecule has 0 saturated carbocycles. The normalized spacial score (nSPS) is 10.6. The number of carbonyl (C=O) groups is 3. The lowest BCUT2D eigenvalue weighted by Gasteiger charge is -2.19. The Morgan fingerprint density at radius 3 is 2.43 bits per heavy atom. The topological polar surface area (TPSA) is 125 Å². The first kappa shape index (κ1) is 16.5. The fourth-order valence-corrected chi connectivity index (χ4v) is 1.24. The number of nitrogens with zero attached hydrogens (tertiary/aromatic N) is 1. The largest absolute Gasteiger partial charge is 0.444 e. The molecule has 0 atom stereocenters. The Bertz CT molecular complexity index is 492. The van der Waals surface area contributed by atoms with Crippen molar-refractivity contribution in [3.63, 3.8) is 0 Å². The van der Waals surface area contributed by atoms with E-state index in [0.717, 1.165) is 0 Å². The summed E-state index contributed by atoms with van der Waals surface area (Å²) < 4.78 is 5.01. The van der Waals surface area contributed by atoms with Crippen LogP contribution in [0, 0.1) is 0 Å². The molecule has 0 aliphatic carbocycles. The zero-order valence-electron chi connectivity index (χ0n) is 12.1. The maximum atomic E-state index is 11.4. The minimum absolute atomic E-state index is 0.106. The number of ether oxygens (including phenoxy) is 1. The quantitative estimate of drug-likeness (QED) is 0.459. The standard InChI is InChI=1S/C12H19N5O4/c1-12(2,3)21-11(20)14-7-6-13-9(18)10(19)16-8-4-5-15-17-8/h4-5H,6-7H2,1-3H3,(H,13,18)(H,14,20)(H2,15,16,17,19). The Labute approximate surface area is 121 Å². The van der Waals surface area contributed by atoms with E-state index < -0.39 is 23.5 Å². The summed E-state index contributed by atoms with van der Waals surface area (Å²) in [7, 11) is 0. The van der Waals surface area contributed by atoms with Crippen LogP contribution in [-0.4, -0.2) is 46.8 Å². The van der Waals surface area contributed by atoms with Crippen LogP contribution in [0.2, 0.25) is 0 Å². The molecule has 116 valence electrons. The first-order valence-electron chi connectivity index (χ1n) is 6.33. The highest BCUT2D eigenvalue weighted by Gasteiger charge is 2.16. The predicted octanol–water partition coefficient (Wildman–Crippen LogP) is -0.0109. The third-order valence-corrected chi connectivity index (χ3v) is 2.03. The SMILES string of the molecule is CC(C)(C)OC(=O)NCCNC(=O)C(=O)Nc1ccn[nH]1. The molecule has 0 saturated heterocycles. The van der Waals surface area contributed by atoms with Crippen LogP contribution in [0.3, 0.4) is 0 Å². The zero-order chi connectivity index (χ0) is 15.9. The third-order valence-electron chi connectivity index (χ3n) is 2.03. The lowest BCUT2D eigenvalue weighted by atomic mass is 10.2. The van der Waals surface area contributed by atoms with Crippen molar-refractivity contribution >= 4 is 23.7 Å². The van der Waals surface area contributed by atoms with E-state index in [1.54, 1.807) is 20.8 Å². The monoisotopic (exact) mass is 297 g/mol. The molecule has 1 heterocycles. The molecule has 4 N–H and O–H groups in total. The van der Waals surface area contributed by atoms with Gasteiger partial charge in [0.1, 0.15) is 11.4 Å². The molecule has 9 heteroatoms. The van der Waals surface area contributed by atoms with Crippen LogP contribution in [0.5, 0.6) is 0 Å². The van der Waals surface area contributed by atoms with E-state index >= 15 is 0 Å². The van der Waals surface area contributed by atoms with Crippen LogP contribution in [0.25, 0.3) is 0 Å². The summed E-state index contributed by atoms with van der Waals surface area (Å²) in [5.41, 5.74) is -0.586. The van der Waals surface area contributed by atoms with Crippen molar-refractivity contribution in [1.82, 2.24) is 20.8 Å². The number of nitrogens with one attached hydrogen (secondary N) is 4. The molecule has 1 rings (SSSR count). The van der Waals surface area contributed by atoms with Gasteiger partial charge in [-0.2, -0.15) is 5.10 Å². The summed E-state index contributed by atoms with van der Waals surface area (Å²) in [6, 6.07) is 1.51. The van der Waals surface area contributed by atoms with E-state index in [1.165, 1.54) is 12.3 Å². The second-order valence-corrected chi connectivity index (χ2v) is 5.11. The first-order chi connectivity index (χ1) is 9.78. The van der Waals surface area contributed by atoms with Crippen LogP contribution >= 0.6 is 0 Å². The summed E-state index contributed by atoms with van der Waals surface area (Å²) in [5.74, 6) is -1.31. The molecule has 0 bridgehead atoms. The number of aromatic nitrogens is 2. The Morgan fingerprint density at radius 2 is 1.86 bits per heavy atom. The summed E-state index contributed by atoms with van der Waals surface area (Å²) in [6.07, 6.45) is 0.858. The molecule has 0 radical (unpaired) electrons. The van der Waals surface area contributed by atoms with Gasteiger partial charge in [0.25, 0.3) is 0 Å². The van der Waals surface area contributed by atoms with Gasteiger partial charge in [-0.1, -0.05) is 0 Å². The number of alkyl carbamates (subject to hydrolysis) is 1. The van der Waals surface area contributed by atoms with Crippen LogP contribution in [0.1, 0.15) is 20.8 Å². The van der Waals surface area contributed by atoms with Gasteiger partial charge < -0.3 is 20.7 Å². The molecule has 0 spiro atoms. The Hall–Kier alpha value is -2.58. The van der Waals surface area contributed by atoms with Gasteiger partial charge in [-0.3, -0.25) is 14.7 Å². The second kappa shape index (κ2) is 7.27. The lowest BCUT2D eigenvalue weighted by Crippen LogP contribution is -2.41. The van der Waals surface area contributed by atoms with Gasteiger partial charge in [-0.25, -0.2) is 4.79 Å². The highest BCUT2D eigenvalue weighted by atomic mass is 16.6. The number of hydrogen-bond donors (Lipinski definition) is 4. The zero-order valence-corrected chi connectivity index (χ0v) is 12.1. The minimum atomic E-state index is -0.823. The van der Waals surface area contributed by atoms with Gasteiger partial charge in [-0.05, 0) is 20.8 Å². The Balaban J connectivity index is 2.19. The summed E-state index contributed by atoms with van der Waals surface area (Å²) in [6.45, 7) is 5.49. The van der Waals surface area contributed by atoms with Crippen molar-refractivity contribution in [2.24, 2.45) is 0 Å². The highest BCUT2D eigenvalue weighted by molar-refractivity contribution is 6.39. The van der Waals surface area contributed by atoms with Crippen LogP contribution in [-0.2, 0) is 14.3 Å². The molecule has 3 amide bonds. The Morgan fingerprint density at radius 1 is 1.19 bits per heavy atom. The predicted molar refractivity (Wildman–Crippen MR) is 74.5 cm³/mol. The Kier molecular flexibility index (Phi) is 5.70. The number of hydrogen-bond acceptors (Lipinski definition) is 5. The summed E-state index contributed by atoms with van der Waals surface area (Å²) in [4.78, 5) is 34.2. The summed E-state index contributed by atoms with van der Waals surface area (Å²) in [5, 5.41) is 13.3. The van der Waals surface area contributed by atoms with Crippen molar-refractivity contribution in [3.05, 3.63) is 12.3 Å². The smallest absolute Gasteiger partial charge is 0.407 e. The van der Waals surface area contributed by atoms with Crippen molar-refractivity contribution in [2.75, 3.05) is 18.4 Å². The highest BCUT2D eigenvalue weighted by Crippen LogP contribution is 2.05. The molecule has 21 heavy (non-hydrogen) atoms. The molecular formula is C12H19N5O4. The van der Waals surface area contributed by atoms with Gasteiger partial charge in [0.15, 0.2) is 0 Å². The molecular weight excluding hydrogens is 278 g/mol. The maximum Gasteiger partial charge on any atom is 0.407 e. The summed E-state index contributed by atoms with van der Waals surface area (Å²) >= 11 is 0. The van der Waals surface area contributed by atoms with Crippen LogP contribution < -0.4 is 16.0 Å². The number of anilines is 1. The number of carbonyl (C=O) groups excluding carboxylic acids is 3. The minimum Gasteiger partial charge on any atom is -0.444 e. The molecule has 0 unspecified atom stereocenters. The van der Waals surface area contributed by atoms with Crippen LogP contribution in [0.4, 0.5) is 10.6 Å². The van der Waals surface area contributed by atoms with Crippen molar-refractivity contribution in [2.45, 2.75) is 26.4 Å². The second-order valence-electron chi connectivity index (χ2n) is 5.11. The molecule has 0 aromatic carbocycles. The molecule has 0 aliphatic heterocycles. The van der Waals surface area contributed by atoms with E-state index in [9.17, 15) is 14.4 Å². The third kappa shape index (κ3) is 6.95. The average molecular weight is 297 g/mol. The molecule has 1 aromatic rings. The number of amides is 3. The van der Waals surface area contributed by atoms with E-state index in [4.69, 9.17) is 4.74 Å². The number of H-pyrrole nitrogens is 1. The fourth-order valence-electron chi connectivity index (χ4n) is 1.24. The molecule has 1 aromatic heterocycles. The van der Waals surface area contributed by atoms with Crippen molar-refractivity contribution in [1.29, 1.82) is 0 Å². The lowest BCUT2D eigenvalue weighted by molar-refractivity contribution is -0.136. The van der Waals surface area contributed by atoms with Crippen molar-refractivity contribution in [3.8, 4) is 0 Å². The van der Waals surface area contributed by atoms with E-state index in [0.29, 0.717) is 5.82 Å². The van der Waals surface area contributed by atoms with Crippen molar-refractivity contribution < 1.29 is 19.1 Å². The van der Waals surface area contributed by atoms with Gasteiger partial charge in [0.05, 0.1) is 6.20 Å². The van der Waals surface area contributed by atoms with E-state index in [2.05, 4.69) is 26.1 Å². The van der Waals surface area contributed by atoms with Gasteiger partial charge >= 0.3 is 17.9 Å². The van der Waals surface area contributed by atoms with Crippen LogP contribution in [0.15, 0.2) is 12.3 Å². The van der Waals surface area contributed by atoms with E-state index in [1.807, 2.05) is 0 Å². The average Bonchev–Trinajstić information content (AvgIpc) is 2.84. The van der Waals surface area contributed by atoms with E-state index in [-0.39, 0.29) is 13.1 Å². The number of aromatic amines is 1. The maximum absolute atomic E-state index is 11.4. The molecule has 0 fully saturated rings. The fraction of sp³-hybridized carbons (Fsp3) is 0.500. The van der Waals surface area contributed by atoms with Gasteiger partial charge in [0, 0.05) is 19.2 Å².